The van der Waals surface area contributed by atoms with E-state index in [1.165, 1.54) is 6.21 Å². The van der Waals surface area contributed by atoms with Crippen molar-refractivity contribution in [2.24, 2.45) is 5.10 Å². The molecule has 0 bridgehead atoms. The van der Waals surface area contributed by atoms with Crippen LogP contribution in [0.1, 0.15) is 40.4 Å². The van der Waals surface area contributed by atoms with E-state index in [1.807, 2.05) is 85.8 Å². The van der Waals surface area contributed by atoms with Crippen LogP contribution in [0.25, 0.3) is 6.08 Å². The highest BCUT2D eigenvalue weighted by Gasteiger charge is 2.14. The summed E-state index contributed by atoms with van der Waals surface area (Å²) >= 11 is 3.47. The minimum absolute atomic E-state index is 0.0393. The lowest BCUT2D eigenvalue weighted by Gasteiger charge is -2.11. The highest BCUT2D eigenvalue weighted by molar-refractivity contribution is 9.10. The molecule has 2 N–H and O–H groups in total. The number of ether oxygens (including phenoxy) is 2. The maximum Gasteiger partial charge on any atom is 0.287 e. The lowest BCUT2D eigenvalue weighted by molar-refractivity contribution is -0.117. The Kier molecular flexibility index (Phi) is 10.9. The lowest BCUT2D eigenvalue weighted by Crippen LogP contribution is -2.32. The first-order chi connectivity index (χ1) is 20.0. The van der Waals surface area contributed by atoms with Gasteiger partial charge in [-0.15, -0.1) is 0 Å². The number of hydrazone groups is 1. The number of carbonyl (C=O) groups is 2. The van der Waals surface area contributed by atoms with Gasteiger partial charge in [-0.25, -0.2) is 5.43 Å². The first kappa shape index (κ1) is 29.3. The molecule has 0 spiro atoms. The molecule has 208 valence electrons. The van der Waals surface area contributed by atoms with Crippen molar-refractivity contribution in [2.45, 2.75) is 20.0 Å². The van der Waals surface area contributed by atoms with Crippen LogP contribution >= 0.6 is 15.9 Å². The number of nitrogens with one attached hydrogen (secondary N) is 2. The fraction of sp³-hybridized carbons (Fsp3) is 0.121. The molecule has 0 atom stereocenters. The van der Waals surface area contributed by atoms with Crippen molar-refractivity contribution in [1.29, 1.82) is 0 Å². The third-order valence-corrected chi connectivity index (χ3v) is 6.26. The van der Waals surface area contributed by atoms with Crippen molar-refractivity contribution < 1.29 is 19.1 Å². The summed E-state index contributed by atoms with van der Waals surface area (Å²) in [5, 5.41) is 6.85. The van der Waals surface area contributed by atoms with E-state index in [9.17, 15) is 9.59 Å². The van der Waals surface area contributed by atoms with Gasteiger partial charge in [0.2, 0.25) is 0 Å². The molecule has 0 heterocycles. The molecule has 4 aromatic rings. The van der Waals surface area contributed by atoms with Crippen molar-refractivity contribution in [2.75, 3.05) is 6.61 Å². The van der Waals surface area contributed by atoms with Gasteiger partial charge in [-0.1, -0.05) is 77.5 Å². The van der Waals surface area contributed by atoms with E-state index in [1.54, 1.807) is 30.3 Å². The third-order valence-electron chi connectivity index (χ3n) is 5.76. The number of carbonyl (C=O) groups excluding carboxylic acids is 2. The summed E-state index contributed by atoms with van der Waals surface area (Å²) in [6.45, 7) is 3.03. The number of para-hydroxylation sites is 1. The van der Waals surface area contributed by atoms with E-state index in [4.69, 9.17) is 9.47 Å². The number of benzene rings is 4. The zero-order valence-corrected chi connectivity index (χ0v) is 24.1. The summed E-state index contributed by atoms with van der Waals surface area (Å²) < 4.78 is 12.6. The van der Waals surface area contributed by atoms with Crippen LogP contribution in [-0.4, -0.2) is 24.6 Å². The van der Waals surface area contributed by atoms with E-state index < -0.39 is 11.8 Å². The SMILES string of the molecule is CCCOc1ccc(/C=C(/NC(=O)c2ccccc2)C(=O)N/N=C\c2ccccc2OCc2cccc(Br)c2)cc1. The van der Waals surface area contributed by atoms with Crippen molar-refractivity contribution in [3.05, 3.63) is 136 Å². The maximum absolute atomic E-state index is 13.2. The molecule has 0 radical (unpaired) electrons. The summed E-state index contributed by atoms with van der Waals surface area (Å²) in [5.41, 5.74) is 5.38. The number of halogens is 1. The topological polar surface area (TPSA) is 89.0 Å². The normalized spacial score (nSPS) is 11.2. The van der Waals surface area contributed by atoms with Crippen LogP contribution in [0, 0.1) is 0 Å². The molecular weight excluding hydrogens is 582 g/mol. The Morgan fingerprint density at radius 3 is 2.39 bits per heavy atom. The molecule has 4 aromatic carbocycles. The minimum atomic E-state index is -0.579. The van der Waals surface area contributed by atoms with E-state index in [2.05, 4.69) is 31.8 Å². The van der Waals surface area contributed by atoms with Gasteiger partial charge in [0, 0.05) is 15.6 Å². The van der Waals surface area contributed by atoms with Crippen LogP contribution in [0.2, 0.25) is 0 Å². The van der Waals surface area contributed by atoms with Gasteiger partial charge >= 0.3 is 0 Å². The molecule has 0 aliphatic carbocycles. The van der Waals surface area contributed by atoms with Gasteiger partial charge in [-0.3, -0.25) is 9.59 Å². The van der Waals surface area contributed by atoms with Gasteiger partial charge < -0.3 is 14.8 Å². The molecule has 0 aliphatic heterocycles. The zero-order valence-electron chi connectivity index (χ0n) is 22.5. The second-order valence-corrected chi connectivity index (χ2v) is 9.87. The Bertz CT molecular complexity index is 1520. The smallest absolute Gasteiger partial charge is 0.287 e. The quantitative estimate of drug-likeness (QED) is 0.105. The van der Waals surface area contributed by atoms with Crippen LogP contribution in [0.5, 0.6) is 11.5 Å². The Labute approximate surface area is 248 Å². The van der Waals surface area contributed by atoms with Crippen LogP contribution < -0.4 is 20.2 Å². The van der Waals surface area contributed by atoms with Crippen LogP contribution in [-0.2, 0) is 11.4 Å². The fourth-order valence-electron chi connectivity index (χ4n) is 3.72. The molecule has 0 unspecified atom stereocenters. The van der Waals surface area contributed by atoms with Crippen LogP contribution in [0.4, 0.5) is 0 Å². The molecule has 7 nitrogen and oxygen atoms in total. The molecule has 4 rings (SSSR count). The van der Waals surface area contributed by atoms with Gasteiger partial charge in [-0.2, -0.15) is 5.10 Å². The second kappa shape index (κ2) is 15.2. The Balaban J connectivity index is 1.48. The molecule has 0 fully saturated rings. The standard InChI is InChI=1S/C33H30BrN3O4/c1-2-19-40-29-17-15-24(16-18-29)21-30(36-32(38)26-10-4-3-5-11-26)33(39)37-35-22-27-12-6-7-14-31(27)41-23-25-9-8-13-28(34)20-25/h3-18,20-22H,2,19,23H2,1H3,(H,36,38)(H,37,39)/b30-21+,35-22-. The zero-order chi connectivity index (χ0) is 28.9. The molecule has 8 heteroatoms. The summed E-state index contributed by atoms with van der Waals surface area (Å²) in [5.74, 6) is 0.354. The number of rotatable bonds is 12. The van der Waals surface area contributed by atoms with Crippen LogP contribution in [0.15, 0.2) is 118 Å². The first-order valence-corrected chi connectivity index (χ1v) is 13.9. The molecular formula is C33H30BrN3O4. The number of hydrogen-bond acceptors (Lipinski definition) is 5. The Hall–Kier alpha value is -4.69. The van der Waals surface area contributed by atoms with E-state index in [0.717, 1.165) is 22.2 Å². The van der Waals surface area contributed by atoms with Crippen molar-refractivity contribution in [1.82, 2.24) is 10.7 Å². The molecule has 41 heavy (non-hydrogen) atoms. The monoisotopic (exact) mass is 611 g/mol. The largest absolute Gasteiger partial charge is 0.494 e. The van der Waals surface area contributed by atoms with Crippen molar-refractivity contribution in [3.63, 3.8) is 0 Å². The average molecular weight is 613 g/mol. The summed E-state index contributed by atoms with van der Waals surface area (Å²) in [6.07, 6.45) is 3.99. The number of hydrogen-bond donors (Lipinski definition) is 2. The predicted molar refractivity (Wildman–Crippen MR) is 165 cm³/mol. The van der Waals surface area contributed by atoms with Crippen LogP contribution in [0.3, 0.4) is 0 Å². The summed E-state index contributed by atoms with van der Waals surface area (Å²) in [6, 6.07) is 31.2. The summed E-state index contributed by atoms with van der Waals surface area (Å²) in [4.78, 5) is 26.0. The maximum atomic E-state index is 13.2. The lowest BCUT2D eigenvalue weighted by atomic mass is 10.1. The molecule has 0 saturated carbocycles. The minimum Gasteiger partial charge on any atom is -0.494 e. The van der Waals surface area contributed by atoms with Gasteiger partial charge in [0.15, 0.2) is 0 Å². The van der Waals surface area contributed by atoms with Gasteiger partial charge in [0.05, 0.1) is 12.8 Å². The summed E-state index contributed by atoms with van der Waals surface area (Å²) in [7, 11) is 0. The first-order valence-electron chi connectivity index (χ1n) is 13.1. The molecule has 2 amide bonds. The highest BCUT2D eigenvalue weighted by Crippen LogP contribution is 2.19. The van der Waals surface area contributed by atoms with Crippen molar-refractivity contribution >= 4 is 40.0 Å². The van der Waals surface area contributed by atoms with E-state index in [0.29, 0.717) is 35.7 Å². The van der Waals surface area contributed by atoms with Gasteiger partial charge in [0.1, 0.15) is 23.8 Å². The Morgan fingerprint density at radius 2 is 1.63 bits per heavy atom. The van der Waals surface area contributed by atoms with Crippen molar-refractivity contribution in [3.8, 4) is 11.5 Å². The molecule has 0 saturated heterocycles. The highest BCUT2D eigenvalue weighted by atomic mass is 79.9. The van der Waals surface area contributed by atoms with E-state index in [-0.39, 0.29) is 5.70 Å². The van der Waals surface area contributed by atoms with Gasteiger partial charge in [-0.05, 0) is 72.2 Å². The number of nitrogens with zero attached hydrogens (tertiary/aromatic N) is 1. The second-order valence-electron chi connectivity index (χ2n) is 8.95. The molecule has 0 aliphatic rings. The predicted octanol–water partition coefficient (Wildman–Crippen LogP) is 6.74. The third kappa shape index (κ3) is 9.19. The van der Waals surface area contributed by atoms with Gasteiger partial charge in [0.25, 0.3) is 11.8 Å². The average Bonchev–Trinajstić information content (AvgIpc) is 3.00. The number of amides is 2. The van der Waals surface area contributed by atoms with E-state index >= 15 is 0 Å². The Morgan fingerprint density at radius 1 is 0.878 bits per heavy atom. The molecule has 0 aromatic heterocycles. The fourth-order valence-corrected chi connectivity index (χ4v) is 4.16.